The summed E-state index contributed by atoms with van der Waals surface area (Å²) in [6.45, 7) is 3.71. The van der Waals surface area contributed by atoms with Gasteiger partial charge in [0.25, 0.3) is 5.56 Å². The van der Waals surface area contributed by atoms with Crippen LogP contribution in [0.3, 0.4) is 0 Å². The maximum Gasteiger partial charge on any atom is 0.338 e. The maximum absolute atomic E-state index is 13.6. The molecule has 0 spiro atoms. The number of thiazole rings is 1. The standard InChI is InChI=1S/C25H23BrN2O5S/c1-5-33-24(30)21-14(2)27-25-28(22(21)16-9-10-18(31-3)19(13-16)32-4)23(29)20(34-25)12-15-7-6-8-17(26)11-15/h6-13,22H,5H2,1-4H3/b20-12-/t22-/m1/s1. The van der Waals surface area contributed by atoms with Crippen LogP contribution in [0.5, 0.6) is 11.5 Å². The number of ether oxygens (including phenoxy) is 3. The van der Waals surface area contributed by atoms with Crippen LogP contribution in [-0.4, -0.2) is 31.4 Å². The average molecular weight is 543 g/mol. The minimum atomic E-state index is -0.722. The van der Waals surface area contributed by atoms with Crippen molar-refractivity contribution in [3.8, 4) is 11.5 Å². The molecule has 1 aliphatic heterocycles. The van der Waals surface area contributed by atoms with Gasteiger partial charge >= 0.3 is 5.97 Å². The van der Waals surface area contributed by atoms with Crippen LogP contribution in [-0.2, 0) is 9.53 Å². The molecular weight excluding hydrogens is 520 g/mol. The number of carbonyl (C=O) groups excluding carboxylic acids is 1. The van der Waals surface area contributed by atoms with Crippen LogP contribution in [0.1, 0.15) is 31.0 Å². The quantitative estimate of drug-likeness (QED) is 0.445. The van der Waals surface area contributed by atoms with Crippen molar-refractivity contribution in [3.63, 3.8) is 0 Å². The third-order valence-corrected chi connectivity index (χ3v) is 6.86. The summed E-state index contributed by atoms with van der Waals surface area (Å²) in [4.78, 5) is 31.8. The van der Waals surface area contributed by atoms with E-state index in [1.807, 2.05) is 36.4 Å². The van der Waals surface area contributed by atoms with Crippen molar-refractivity contribution in [1.29, 1.82) is 0 Å². The first kappa shape index (κ1) is 24.0. The number of hydrogen-bond acceptors (Lipinski definition) is 7. The Labute approximate surface area is 208 Å². The van der Waals surface area contributed by atoms with E-state index in [9.17, 15) is 9.59 Å². The summed E-state index contributed by atoms with van der Waals surface area (Å²) >= 11 is 4.74. The molecule has 4 rings (SSSR count). The second-order valence-electron chi connectivity index (χ2n) is 7.47. The summed E-state index contributed by atoms with van der Waals surface area (Å²) in [5.74, 6) is 0.533. The summed E-state index contributed by atoms with van der Waals surface area (Å²) in [5, 5.41) is 0. The Bertz CT molecular complexity index is 1470. The van der Waals surface area contributed by atoms with Gasteiger partial charge in [-0.3, -0.25) is 9.36 Å². The Hall–Kier alpha value is -3.17. The number of nitrogens with zero attached hydrogens (tertiary/aromatic N) is 2. The largest absolute Gasteiger partial charge is 0.493 e. The van der Waals surface area contributed by atoms with Gasteiger partial charge in [0.05, 0.1) is 42.7 Å². The predicted molar refractivity (Wildman–Crippen MR) is 134 cm³/mol. The number of esters is 1. The van der Waals surface area contributed by atoms with Crippen LogP contribution in [0.15, 0.2) is 68.0 Å². The fourth-order valence-electron chi connectivity index (χ4n) is 3.88. The van der Waals surface area contributed by atoms with E-state index in [0.717, 1.165) is 10.0 Å². The molecule has 1 atom stereocenters. The molecule has 1 aliphatic rings. The van der Waals surface area contributed by atoms with Crippen molar-refractivity contribution in [3.05, 3.63) is 89.0 Å². The molecule has 0 bridgehead atoms. The van der Waals surface area contributed by atoms with Crippen LogP contribution in [0.4, 0.5) is 0 Å². The first-order valence-electron chi connectivity index (χ1n) is 10.5. The predicted octanol–water partition coefficient (Wildman–Crippen LogP) is 3.58. The maximum atomic E-state index is 13.6. The highest BCUT2D eigenvalue weighted by Gasteiger charge is 2.33. The molecule has 2 heterocycles. The number of carbonyl (C=O) groups is 1. The molecule has 0 amide bonds. The second kappa shape index (κ2) is 9.99. The zero-order chi connectivity index (χ0) is 24.4. The van der Waals surface area contributed by atoms with Gasteiger partial charge in [-0.2, -0.15) is 0 Å². The number of allylic oxidation sites excluding steroid dienone is 1. The van der Waals surface area contributed by atoms with Gasteiger partial charge in [0, 0.05) is 4.47 Å². The van der Waals surface area contributed by atoms with Crippen molar-refractivity contribution in [2.45, 2.75) is 19.9 Å². The van der Waals surface area contributed by atoms with E-state index in [-0.39, 0.29) is 12.2 Å². The van der Waals surface area contributed by atoms with Crippen molar-refractivity contribution < 1.29 is 19.0 Å². The minimum Gasteiger partial charge on any atom is -0.493 e. The van der Waals surface area contributed by atoms with Gasteiger partial charge in [-0.15, -0.1) is 0 Å². The van der Waals surface area contributed by atoms with Crippen LogP contribution < -0.4 is 24.4 Å². The zero-order valence-electron chi connectivity index (χ0n) is 19.1. The van der Waals surface area contributed by atoms with Gasteiger partial charge in [0.2, 0.25) is 0 Å². The van der Waals surface area contributed by atoms with Gasteiger partial charge in [-0.05, 0) is 55.3 Å². The molecule has 7 nitrogen and oxygen atoms in total. The molecule has 0 N–H and O–H groups in total. The van der Waals surface area contributed by atoms with E-state index in [0.29, 0.717) is 37.7 Å². The molecule has 34 heavy (non-hydrogen) atoms. The molecule has 0 radical (unpaired) electrons. The van der Waals surface area contributed by atoms with E-state index in [2.05, 4.69) is 20.9 Å². The number of rotatable bonds is 6. The van der Waals surface area contributed by atoms with E-state index >= 15 is 0 Å². The van der Waals surface area contributed by atoms with Crippen molar-refractivity contribution >= 4 is 39.3 Å². The molecule has 3 aromatic rings. The minimum absolute atomic E-state index is 0.210. The van der Waals surface area contributed by atoms with Crippen LogP contribution in [0.2, 0.25) is 0 Å². The highest BCUT2D eigenvalue weighted by molar-refractivity contribution is 9.10. The Morgan fingerprint density at radius 3 is 2.62 bits per heavy atom. The van der Waals surface area contributed by atoms with E-state index in [1.54, 1.807) is 44.8 Å². The molecular formula is C25H23BrN2O5S. The van der Waals surface area contributed by atoms with Gasteiger partial charge in [0.15, 0.2) is 16.3 Å². The Kier molecular flexibility index (Phi) is 7.04. The van der Waals surface area contributed by atoms with Crippen molar-refractivity contribution in [2.75, 3.05) is 20.8 Å². The Morgan fingerprint density at radius 1 is 1.18 bits per heavy atom. The number of methoxy groups -OCH3 is 2. The molecule has 0 saturated carbocycles. The Morgan fingerprint density at radius 2 is 1.94 bits per heavy atom. The van der Waals surface area contributed by atoms with Crippen LogP contribution in [0, 0.1) is 0 Å². The second-order valence-corrected chi connectivity index (χ2v) is 9.40. The van der Waals surface area contributed by atoms with Gasteiger partial charge in [0.1, 0.15) is 0 Å². The fraction of sp³-hybridized carbons (Fsp3) is 0.240. The van der Waals surface area contributed by atoms with E-state index in [4.69, 9.17) is 14.2 Å². The lowest BCUT2D eigenvalue weighted by Gasteiger charge is -2.25. The molecule has 2 aromatic carbocycles. The molecule has 0 saturated heterocycles. The van der Waals surface area contributed by atoms with E-state index < -0.39 is 12.0 Å². The number of fused-ring (bicyclic) bond motifs is 1. The van der Waals surface area contributed by atoms with Gasteiger partial charge in [-0.25, -0.2) is 9.79 Å². The number of aromatic nitrogens is 1. The lowest BCUT2D eigenvalue weighted by molar-refractivity contribution is -0.139. The highest BCUT2D eigenvalue weighted by Crippen LogP contribution is 2.36. The first-order valence-corrected chi connectivity index (χ1v) is 12.2. The number of halogens is 1. The lowest BCUT2D eigenvalue weighted by Crippen LogP contribution is -2.39. The summed E-state index contributed by atoms with van der Waals surface area (Å²) in [5.41, 5.74) is 2.15. The summed E-state index contributed by atoms with van der Waals surface area (Å²) in [6.07, 6.45) is 1.82. The summed E-state index contributed by atoms with van der Waals surface area (Å²) < 4.78 is 19.2. The fourth-order valence-corrected chi connectivity index (χ4v) is 5.34. The number of hydrogen-bond donors (Lipinski definition) is 0. The van der Waals surface area contributed by atoms with Gasteiger partial charge < -0.3 is 14.2 Å². The molecule has 0 unspecified atom stereocenters. The highest BCUT2D eigenvalue weighted by atomic mass is 79.9. The molecule has 0 aliphatic carbocycles. The van der Waals surface area contributed by atoms with Crippen LogP contribution in [0.25, 0.3) is 6.08 Å². The Balaban J connectivity index is 1.97. The molecule has 0 fully saturated rings. The monoisotopic (exact) mass is 542 g/mol. The molecule has 1 aromatic heterocycles. The lowest BCUT2D eigenvalue weighted by atomic mass is 9.95. The van der Waals surface area contributed by atoms with Gasteiger partial charge in [-0.1, -0.05) is 45.5 Å². The molecule has 176 valence electrons. The summed E-state index contributed by atoms with van der Waals surface area (Å²) in [7, 11) is 3.09. The first-order chi connectivity index (χ1) is 16.4. The topological polar surface area (TPSA) is 79.1 Å². The normalized spacial score (nSPS) is 15.6. The number of benzene rings is 2. The SMILES string of the molecule is CCOC(=O)C1=C(C)N=c2s/c(=C\c3cccc(Br)c3)c(=O)n2[C@@H]1c1ccc(OC)c(OC)c1. The third-order valence-electron chi connectivity index (χ3n) is 5.39. The van der Waals surface area contributed by atoms with E-state index in [1.165, 1.54) is 11.3 Å². The zero-order valence-corrected chi connectivity index (χ0v) is 21.5. The molecule has 9 heteroatoms. The average Bonchev–Trinajstić information content (AvgIpc) is 3.12. The van der Waals surface area contributed by atoms with Crippen LogP contribution >= 0.6 is 27.3 Å². The van der Waals surface area contributed by atoms with Crippen molar-refractivity contribution in [1.82, 2.24) is 4.57 Å². The summed E-state index contributed by atoms with van der Waals surface area (Å²) in [6, 6.07) is 12.3. The smallest absolute Gasteiger partial charge is 0.338 e. The third kappa shape index (κ3) is 4.45. The van der Waals surface area contributed by atoms with Crippen molar-refractivity contribution in [2.24, 2.45) is 4.99 Å².